The molecule has 2 aromatic rings. The molecular formula is C20H25ClN2O2S. The van der Waals surface area contributed by atoms with Crippen molar-refractivity contribution in [2.45, 2.75) is 46.2 Å². The van der Waals surface area contributed by atoms with E-state index in [2.05, 4.69) is 24.5 Å². The third-order valence-electron chi connectivity index (χ3n) is 4.01. The maximum absolute atomic E-state index is 12.7. The molecule has 2 amide bonds. The van der Waals surface area contributed by atoms with E-state index in [1.807, 2.05) is 30.3 Å². The lowest BCUT2D eigenvalue weighted by Gasteiger charge is -2.20. The molecule has 0 aliphatic rings. The SMILES string of the molecule is CC(=O)NCc1ccc(C(=O)NC(CCC(C)C)c2ccc(Cl)cc2)s1. The van der Waals surface area contributed by atoms with E-state index in [1.165, 1.54) is 18.3 Å². The van der Waals surface area contributed by atoms with Crippen LogP contribution in [0.3, 0.4) is 0 Å². The Morgan fingerprint density at radius 2 is 1.77 bits per heavy atom. The minimum absolute atomic E-state index is 0.0527. The summed E-state index contributed by atoms with van der Waals surface area (Å²) in [6.07, 6.45) is 1.89. The molecule has 26 heavy (non-hydrogen) atoms. The molecule has 1 aromatic heterocycles. The van der Waals surface area contributed by atoms with Gasteiger partial charge in [0.2, 0.25) is 5.91 Å². The third kappa shape index (κ3) is 6.46. The molecule has 0 spiro atoms. The molecule has 0 bridgehead atoms. The highest BCUT2D eigenvalue weighted by Gasteiger charge is 2.18. The fourth-order valence-corrected chi connectivity index (χ4v) is 3.53. The van der Waals surface area contributed by atoms with Crippen LogP contribution in [0, 0.1) is 5.92 Å². The Morgan fingerprint density at radius 3 is 2.38 bits per heavy atom. The number of benzene rings is 1. The van der Waals surface area contributed by atoms with Gasteiger partial charge in [0.05, 0.1) is 17.5 Å². The average molecular weight is 393 g/mol. The molecular weight excluding hydrogens is 368 g/mol. The van der Waals surface area contributed by atoms with Crippen molar-refractivity contribution in [3.63, 3.8) is 0 Å². The van der Waals surface area contributed by atoms with Gasteiger partial charge >= 0.3 is 0 Å². The van der Waals surface area contributed by atoms with Crippen LogP contribution in [0.2, 0.25) is 5.02 Å². The molecule has 140 valence electrons. The van der Waals surface area contributed by atoms with Crippen LogP contribution in [-0.2, 0) is 11.3 Å². The van der Waals surface area contributed by atoms with Crippen LogP contribution in [0.15, 0.2) is 36.4 Å². The predicted molar refractivity (Wildman–Crippen MR) is 108 cm³/mol. The summed E-state index contributed by atoms with van der Waals surface area (Å²) >= 11 is 7.38. The molecule has 0 saturated heterocycles. The Morgan fingerprint density at radius 1 is 1.08 bits per heavy atom. The van der Waals surface area contributed by atoms with E-state index >= 15 is 0 Å². The van der Waals surface area contributed by atoms with E-state index in [-0.39, 0.29) is 17.9 Å². The van der Waals surface area contributed by atoms with Crippen LogP contribution < -0.4 is 10.6 Å². The highest BCUT2D eigenvalue weighted by atomic mass is 35.5. The number of carbonyl (C=O) groups excluding carboxylic acids is 2. The quantitative estimate of drug-likeness (QED) is 0.668. The molecule has 0 saturated carbocycles. The second-order valence-electron chi connectivity index (χ2n) is 6.72. The molecule has 1 heterocycles. The van der Waals surface area contributed by atoms with Gasteiger partial charge in [0.1, 0.15) is 0 Å². The summed E-state index contributed by atoms with van der Waals surface area (Å²) in [6.45, 7) is 6.27. The van der Waals surface area contributed by atoms with E-state index in [4.69, 9.17) is 11.6 Å². The second-order valence-corrected chi connectivity index (χ2v) is 8.33. The molecule has 1 atom stereocenters. The van der Waals surface area contributed by atoms with Crippen molar-refractivity contribution in [2.75, 3.05) is 0 Å². The zero-order chi connectivity index (χ0) is 19.1. The van der Waals surface area contributed by atoms with Gasteiger partial charge in [-0.05, 0) is 48.6 Å². The Labute approximate surface area is 164 Å². The van der Waals surface area contributed by atoms with Gasteiger partial charge < -0.3 is 10.6 Å². The van der Waals surface area contributed by atoms with Gasteiger partial charge in [-0.25, -0.2) is 0 Å². The number of carbonyl (C=O) groups is 2. The summed E-state index contributed by atoms with van der Waals surface area (Å²) in [5, 5.41) is 6.57. The fraction of sp³-hybridized carbons (Fsp3) is 0.400. The van der Waals surface area contributed by atoms with Crippen LogP contribution in [-0.4, -0.2) is 11.8 Å². The second kappa shape index (κ2) is 9.74. The Hall–Kier alpha value is -1.85. The van der Waals surface area contributed by atoms with Crippen molar-refractivity contribution in [1.82, 2.24) is 10.6 Å². The van der Waals surface area contributed by atoms with E-state index < -0.39 is 0 Å². The number of hydrogen-bond donors (Lipinski definition) is 2. The number of thiophene rings is 1. The number of hydrogen-bond acceptors (Lipinski definition) is 3. The normalized spacial score (nSPS) is 12.0. The zero-order valence-corrected chi connectivity index (χ0v) is 16.9. The van der Waals surface area contributed by atoms with Gasteiger partial charge in [-0.3, -0.25) is 9.59 Å². The molecule has 2 N–H and O–H groups in total. The zero-order valence-electron chi connectivity index (χ0n) is 15.3. The van der Waals surface area contributed by atoms with Gasteiger partial charge in [0.25, 0.3) is 5.91 Å². The fourth-order valence-electron chi connectivity index (χ4n) is 2.55. The largest absolute Gasteiger partial charge is 0.351 e. The van der Waals surface area contributed by atoms with E-state index in [1.54, 1.807) is 6.07 Å². The first-order valence-electron chi connectivity index (χ1n) is 8.74. The van der Waals surface area contributed by atoms with Crippen molar-refractivity contribution in [1.29, 1.82) is 0 Å². The van der Waals surface area contributed by atoms with Gasteiger partial charge in [0, 0.05) is 16.8 Å². The van der Waals surface area contributed by atoms with Crippen molar-refractivity contribution >= 4 is 34.8 Å². The first-order valence-corrected chi connectivity index (χ1v) is 9.94. The number of halogens is 1. The molecule has 0 fully saturated rings. The molecule has 2 rings (SSSR count). The van der Waals surface area contributed by atoms with Gasteiger partial charge in [-0.15, -0.1) is 11.3 Å². The Balaban J connectivity index is 2.07. The third-order valence-corrected chi connectivity index (χ3v) is 5.34. The summed E-state index contributed by atoms with van der Waals surface area (Å²) in [5.74, 6) is 0.390. The first-order chi connectivity index (χ1) is 12.3. The first kappa shape index (κ1) is 20.5. The molecule has 0 radical (unpaired) electrons. The Kier molecular flexibility index (Phi) is 7.66. The lowest BCUT2D eigenvalue weighted by Crippen LogP contribution is -2.28. The summed E-state index contributed by atoms with van der Waals surface area (Å²) in [7, 11) is 0. The standard InChI is InChI=1S/C20H25ClN2O2S/c1-13(2)4-10-18(15-5-7-16(21)8-6-15)23-20(25)19-11-9-17(26-19)12-22-14(3)24/h5-9,11,13,18H,4,10,12H2,1-3H3,(H,22,24)(H,23,25). The van der Waals surface area contributed by atoms with Crippen LogP contribution in [0.1, 0.15) is 59.8 Å². The van der Waals surface area contributed by atoms with Crippen LogP contribution in [0.5, 0.6) is 0 Å². The summed E-state index contributed by atoms with van der Waals surface area (Å²) in [5.41, 5.74) is 1.05. The maximum Gasteiger partial charge on any atom is 0.261 e. The summed E-state index contributed by atoms with van der Waals surface area (Å²) < 4.78 is 0. The van der Waals surface area contributed by atoms with Crippen molar-refractivity contribution in [3.05, 3.63) is 56.7 Å². The summed E-state index contributed by atoms with van der Waals surface area (Å²) in [4.78, 5) is 25.3. The smallest absolute Gasteiger partial charge is 0.261 e. The van der Waals surface area contributed by atoms with Gasteiger partial charge in [-0.1, -0.05) is 37.6 Å². The average Bonchev–Trinajstić information content (AvgIpc) is 3.06. The van der Waals surface area contributed by atoms with Crippen LogP contribution in [0.4, 0.5) is 0 Å². The lowest BCUT2D eigenvalue weighted by molar-refractivity contribution is -0.119. The van der Waals surface area contributed by atoms with Crippen molar-refractivity contribution in [3.8, 4) is 0 Å². The number of amides is 2. The Bertz CT molecular complexity index is 741. The highest BCUT2D eigenvalue weighted by Crippen LogP contribution is 2.24. The maximum atomic E-state index is 12.7. The van der Waals surface area contributed by atoms with E-state index in [0.29, 0.717) is 22.4 Å². The van der Waals surface area contributed by atoms with E-state index in [9.17, 15) is 9.59 Å². The molecule has 6 heteroatoms. The molecule has 1 unspecified atom stereocenters. The van der Waals surface area contributed by atoms with Gasteiger partial charge in [0.15, 0.2) is 0 Å². The molecule has 1 aromatic carbocycles. The molecule has 0 aliphatic carbocycles. The summed E-state index contributed by atoms with van der Waals surface area (Å²) in [6, 6.07) is 11.3. The van der Waals surface area contributed by atoms with Crippen molar-refractivity contribution in [2.24, 2.45) is 5.92 Å². The predicted octanol–water partition coefficient (Wildman–Crippen LogP) is 4.94. The minimum atomic E-state index is -0.0900. The van der Waals surface area contributed by atoms with Crippen LogP contribution >= 0.6 is 22.9 Å². The van der Waals surface area contributed by atoms with Gasteiger partial charge in [-0.2, -0.15) is 0 Å². The number of rotatable bonds is 8. The van der Waals surface area contributed by atoms with Crippen LogP contribution in [0.25, 0.3) is 0 Å². The van der Waals surface area contributed by atoms with Crippen molar-refractivity contribution < 1.29 is 9.59 Å². The van der Waals surface area contributed by atoms with E-state index in [0.717, 1.165) is 23.3 Å². The topological polar surface area (TPSA) is 58.2 Å². The minimum Gasteiger partial charge on any atom is -0.351 e. The highest BCUT2D eigenvalue weighted by molar-refractivity contribution is 7.14. The lowest BCUT2D eigenvalue weighted by atomic mass is 9.97. The molecule has 4 nitrogen and oxygen atoms in total. The molecule has 0 aliphatic heterocycles. The monoisotopic (exact) mass is 392 g/mol. The number of nitrogens with one attached hydrogen (secondary N) is 2.